The minimum Gasteiger partial charge on any atom is -0.369 e. The van der Waals surface area contributed by atoms with Crippen LogP contribution in [-0.4, -0.2) is 17.8 Å². The summed E-state index contributed by atoms with van der Waals surface area (Å²) in [7, 11) is 0. The molecular formula is C11H18N2O2. The van der Waals surface area contributed by atoms with E-state index in [1.165, 1.54) is 0 Å². The summed E-state index contributed by atoms with van der Waals surface area (Å²) in [5.41, 5.74) is 0.904. The van der Waals surface area contributed by atoms with Crippen molar-refractivity contribution in [2.45, 2.75) is 33.0 Å². The van der Waals surface area contributed by atoms with Crippen LogP contribution in [0.2, 0.25) is 0 Å². The van der Waals surface area contributed by atoms with E-state index in [1.54, 1.807) is 6.08 Å². The highest BCUT2D eigenvalue weighted by Gasteiger charge is 2.04. The van der Waals surface area contributed by atoms with Gasteiger partial charge in [-0.1, -0.05) is 25.1 Å². The summed E-state index contributed by atoms with van der Waals surface area (Å²) < 4.78 is 10.3. The summed E-state index contributed by atoms with van der Waals surface area (Å²) in [4.78, 5) is 0. The van der Waals surface area contributed by atoms with Gasteiger partial charge in [-0.3, -0.25) is 0 Å². The molecule has 4 nitrogen and oxygen atoms in total. The first-order valence-electron chi connectivity index (χ1n) is 5.09. The van der Waals surface area contributed by atoms with Crippen LogP contribution in [-0.2, 0) is 17.9 Å². The van der Waals surface area contributed by atoms with Gasteiger partial charge in [0.15, 0.2) is 5.76 Å². The van der Waals surface area contributed by atoms with Crippen molar-refractivity contribution in [3.63, 3.8) is 0 Å². The Hall–Kier alpha value is -1.13. The van der Waals surface area contributed by atoms with Crippen molar-refractivity contribution in [2.24, 2.45) is 0 Å². The van der Waals surface area contributed by atoms with Gasteiger partial charge in [-0.25, -0.2) is 0 Å². The second-order valence-corrected chi connectivity index (χ2v) is 3.62. The minimum absolute atomic E-state index is 0.445. The molecule has 0 aliphatic carbocycles. The lowest BCUT2D eigenvalue weighted by Gasteiger charge is -2.03. The average molecular weight is 210 g/mol. The lowest BCUT2D eigenvalue weighted by molar-refractivity contribution is 0.125. The normalized spacial score (nSPS) is 10.9. The van der Waals surface area contributed by atoms with E-state index in [-0.39, 0.29) is 0 Å². The standard InChI is InChI=1S/C11H18N2O2/c1-4-5-14-8-11-6-10(13-15-11)7-12-9(2)3/h4,6,9,12H,1,5,7-8H2,2-3H3. The predicted molar refractivity (Wildman–Crippen MR) is 58.3 cm³/mol. The van der Waals surface area contributed by atoms with E-state index in [2.05, 4.69) is 30.9 Å². The fraction of sp³-hybridized carbons (Fsp3) is 0.545. The van der Waals surface area contributed by atoms with Gasteiger partial charge in [0.25, 0.3) is 0 Å². The second-order valence-electron chi connectivity index (χ2n) is 3.62. The maximum absolute atomic E-state index is 5.24. The van der Waals surface area contributed by atoms with Crippen LogP contribution < -0.4 is 5.32 Å². The Bertz CT molecular complexity index is 295. The smallest absolute Gasteiger partial charge is 0.162 e. The van der Waals surface area contributed by atoms with Crippen molar-refractivity contribution < 1.29 is 9.26 Å². The van der Waals surface area contributed by atoms with Crippen LogP contribution in [0.5, 0.6) is 0 Å². The zero-order valence-electron chi connectivity index (χ0n) is 9.32. The van der Waals surface area contributed by atoms with Crippen molar-refractivity contribution in [1.82, 2.24) is 10.5 Å². The van der Waals surface area contributed by atoms with Gasteiger partial charge in [-0.15, -0.1) is 6.58 Å². The largest absolute Gasteiger partial charge is 0.369 e. The van der Waals surface area contributed by atoms with E-state index in [0.29, 0.717) is 19.3 Å². The summed E-state index contributed by atoms with van der Waals surface area (Å²) in [5.74, 6) is 0.748. The molecule has 0 aliphatic rings. The van der Waals surface area contributed by atoms with Gasteiger partial charge in [-0.2, -0.15) is 0 Å². The van der Waals surface area contributed by atoms with Crippen LogP contribution in [0.1, 0.15) is 25.3 Å². The molecule has 0 atom stereocenters. The van der Waals surface area contributed by atoms with Crippen molar-refractivity contribution in [1.29, 1.82) is 0 Å². The van der Waals surface area contributed by atoms with Crippen LogP contribution >= 0.6 is 0 Å². The average Bonchev–Trinajstić information content (AvgIpc) is 2.63. The number of nitrogens with one attached hydrogen (secondary N) is 1. The van der Waals surface area contributed by atoms with Crippen LogP contribution in [0.3, 0.4) is 0 Å². The molecule has 1 aromatic rings. The molecular weight excluding hydrogens is 192 g/mol. The number of hydrogen-bond donors (Lipinski definition) is 1. The molecule has 1 aromatic heterocycles. The SMILES string of the molecule is C=CCOCc1cc(CNC(C)C)no1. The van der Waals surface area contributed by atoms with E-state index < -0.39 is 0 Å². The van der Waals surface area contributed by atoms with E-state index in [0.717, 1.165) is 18.0 Å². The highest BCUT2D eigenvalue weighted by atomic mass is 16.5. The number of hydrogen-bond acceptors (Lipinski definition) is 4. The molecule has 1 heterocycles. The summed E-state index contributed by atoms with van der Waals surface area (Å²) >= 11 is 0. The first-order valence-corrected chi connectivity index (χ1v) is 5.09. The fourth-order valence-electron chi connectivity index (χ4n) is 1.06. The Morgan fingerprint density at radius 1 is 1.67 bits per heavy atom. The zero-order valence-corrected chi connectivity index (χ0v) is 9.32. The number of nitrogens with zero attached hydrogens (tertiary/aromatic N) is 1. The number of ether oxygens (including phenoxy) is 1. The topological polar surface area (TPSA) is 47.3 Å². The highest BCUT2D eigenvalue weighted by Crippen LogP contribution is 2.05. The van der Waals surface area contributed by atoms with E-state index in [4.69, 9.17) is 9.26 Å². The third kappa shape index (κ3) is 4.76. The van der Waals surface area contributed by atoms with Crippen molar-refractivity contribution in [3.8, 4) is 0 Å². The molecule has 15 heavy (non-hydrogen) atoms. The van der Waals surface area contributed by atoms with E-state index in [9.17, 15) is 0 Å². The van der Waals surface area contributed by atoms with Crippen LogP contribution in [0, 0.1) is 0 Å². The lowest BCUT2D eigenvalue weighted by Crippen LogP contribution is -2.21. The lowest BCUT2D eigenvalue weighted by atomic mass is 10.3. The van der Waals surface area contributed by atoms with Gasteiger partial charge < -0.3 is 14.6 Å². The third-order valence-electron chi connectivity index (χ3n) is 1.78. The molecule has 84 valence electrons. The van der Waals surface area contributed by atoms with Gasteiger partial charge in [0.2, 0.25) is 0 Å². The summed E-state index contributed by atoms with van der Waals surface area (Å²) in [5, 5.41) is 7.19. The number of aromatic nitrogens is 1. The fourth-order valence-corrected chi connectivity index (χ4v) is 1.06. The predicted octanol–water partition coefficient (Wildman–Crippen LogP) is 1.88. The summed E-state index contributed by atoms with van der Waals surface area (Å²) in [6, 6.07) is 2.35. The maximum atomic E-state index is 5.24. The van der Waals surface area contributed by atoms with Crippen LogP contribution in [0.4, 0.5) is 0 Å². The molecule has 0 unspecified atom stereocenters. The van der Waals surface area contributed by atoms with Gasteiger partial charge in [0.1, 0.15) is 6.61 Å². The third-order valence-corrected chi connectivity index (χ3v) is 1.78. The Labute approximate surface area is 90.3 Å². The Morgan fingerprint density at radius 2 is 2.47 bits per heavy atom. The maximum Gasteiger partial charge on any atom is 0.162 e. The zero-order chi connectivity index (χ0) is 11.1. The van der Waals surface area contributed by atoms with Gasteiger partial charge >= 0.3 is 0 Å². The second kappa shape index (κ2) is 6.37. The summed E-state index contributed by atoms with van der Waals surface area (Å²) in [6.45, 7) is 9.45. The van der Waals surface area contributed by atoms with Crippen LogP contribution in [0.15, 0.2) is 23.2 Å². The molecule has 0 spiro atoms. The molecule has 0 radical (unpaired) electrons. The number of rotatable bonds is 7. The first-order chi connectivity index (χ1) is 7.22. The Balaban J connectivity index is 2.32. The molecule has 0 amide bonds. The van der Waals surface area contributed by atoms with Gasteiger partial charge in [0.05, 0.1) is 12.3 Å². The van der Waals surface area contributed by atoms with Gasteiger partial charge in [-0.05, 0) is 0 Å². The van der Waals surface area contributed by atoms with Crippen molar-refractivity contribution in [2.75, 3.05) is 6.61 Å². The molecule has 1 N–H and O–H groups in total. The van der Waals surface area contributed by atoms with Crippen molar-refractivity contribution in [3.05, 3.63) is 30.2 Å². The van der Waals surface area contributed by atoms with E-state index >= 15 is 0 Å². The molecule has 0 aromatic carbocycles. The molecule has 0 saturated heterocycles. The molecule has 0 fully saturated rings. The molecule has 1 rings (SSSR count). The summed E-state index contributed by atoms with van der Waals surface area (Å²) in [6.07, 6.45) is 1.71. The molecule has 0 aliphatic heterocycles. The van der Waals surface area contributed by atoms with Crippen LogP contribution in [0.25, 0.3) is 0 Å². The minimum atomic E-state index is 0.445. The first kappa shape index (κ1) is 11.9. The van der Waals surface area contributed by atoms with E-state index in [1.807, 2.05) is 6.07 Å². The quantitative estimate of drug-likeness (QED) is 0.551. The Morgan fingerprint density at radius 3 is 3.13 bits per heavy atom. The van der Waals surface area contributed by atoms with Gasteiger partial charge in [0, 0.05) is 18.7 Å². The molecule has 0 saturated carbocycles. The molecule has 0 bridgehead atoms. The highest BCUT2D eigenvalue weighted by molar-refractivity contribution is 5.04. The Kier molecular flexibility index (Phi) is 5.07. The monoisotopic (exact) mass is 210 g/mol. The van der Waals surface area contributed by atoms with Crippen molar-refractivity contribution >= 4 is 0 Å². The molecule has 4 heteroatoms.